The van der Waals surface area contributed by atoms with Crippen molar-refractivity contribution in [1.29, 1.82) is 0 Å². The Labute approximate surface area is 207 Å². The number of unbranched alkanes of at least 4 members (excludes halogenated alkanes) is 1. The van der Waals surface area contributed by atoms with Crippen molar-refractivity contribution in [3.63, 3.8) is 0 Å². The van der Waals surface area contributed by atoms with E-state index in [1.807, 2.05) is 79.7 Å². The smallest absolute Gasteiger partial charge is 0.243 e. The van der Waals surface area contributed by atoms with Crippen LogP contribution in [0.2, 0.25) is 5.02 Å². The minimum Gasteiger partial charge on any atom is -0.354 e. The van der Waals surface area contributed by atoms with Gasteiger partial charge in [0.2, 0.25) is 11.8 Å². The summed E-state index contributed by atoms with van der Waals surface area (Å²) < 4.78 is 0. The zero-order valence-electron chi connectivity index (χ0n) is 20.0. The number of halogens is 1. The van der Waals surface area contributed by atoms with Crippen LogP contribution in [-0.4, -0.2) is 29.3 Å². The SMILES string of the molecule is CCCCNC(=O)[C@@H](Cc1ccccc1)N(Cc1ccc(C)cc1)C(=O)Cc1ccccc1Cl. The van der Waals surface area contributed by atoms with Gasteiger partial charge in [-0.15, -0.1) is 0 Å². The average molecular weight is 477 g/mol. The standard InChI is InChI=1S/C29H33ClN2O2/c1-3-4-18-31-29(34)27(19-23-10-6-5-7-11-23)32(21-24-16-14-22(2)15-17-24)28(33)20-25-12-8-9-13-26(25)30/h5-17,27H,3-4,18-21H2,1-2H3,(H,31,34)/t27-/m1/s1. The molecule has 0 unspecified atom stereocenters. The van der Waals surface area contributed by atoms with Gasteiger partial charge in [0.25, 0.3) is 0 Å². The molecule has 5 heteroatoms. The summed E-state index contributed by atoms with van der Waals surface area (Å²) in [5.74, 6) is -0.253. The zero-order chi connectivity index (χ0) is 24.3. The van der Waals surface area contributed by atoms with E-state index in [0.717, 1.165) is 35.1 Å². The Hall–Kier alpha value is -3.11. The lowest BCUT2D eigenvalue weighted by molar-refractivity contribution is -0.140. The molecule has 3 aromatic rings. The number of hydrogen-bond acceptors (Lipinski definition) is 2. The van der Waals surface area contributed by atoms with Crippen molar-refractivity contribution in [2.75, 3.05) is 6.54 Å². The first-order valence-corrected chi connectivity index (χ1v) is 12.3. The van der Waals surface area contributed by atoms with Crippen molar-refractivity contribution in [3.05, 3.63) is 106 Å². The predicted octanol–water partition coefficient (Wildman–Crippen LogP) is 5.75. The van der Waals surface area contributed by atoms with Crippen LogP contribution < -0.4 is 5.32 Å². The molecule has 0 saturated heterocycles. The van der Waals surface area contributed by atoms with Crippen LogP contribution in [0.4, 0.5) is 0 Å². The lowest BCUT2D eigenvalue weighted by Gasteiger charge is -2.32. The predicted molar refractivity (Wildman–Crippen MR) is 139 cm³/mol. The first kappa shape index (κ1) is 25.5. The third-order valence-electron chi connectivity index (χ3n) is 5.87. The van der Waals surface area contributed by atoms with E-state index in [1.54, 1.807) is 11.0 Å². The zero-order valence-corrected chi connectivity index (χ0v) is 20.7. The van der Waals surface area contributed by atoms with E-state index in [-0.39, 0.29) is 18.2 Å². The minimum absolute atomic E-state index is 0.125. The highest BCUT2D eigenvalue weighted by Crippen LogP contribution is 2.20. The minimum atomic E-state index is -0.629. The average Bonchev–Trinajstić information content (AvgIpc) is 2.84. The molecule has 3 aromatic carbocycles. The van der Waals surface area contributed by atoms with Crippen molar-refractivity contribution in [2.45, 2.75) is 52.1 Å². The Balaban J connectivity index is 1.94. The van der Waals surface area contributed by atoms with Gasteiger partial charge in [0.05, 0.1) is 6.42 Å². The molecule has 34 heavy (non-hydrogen) atoms. The molecule has 0 aliphatic carbocycles. The van der Waals surface area contributed by atoms with Gasteiger partial charge in [-0.1, -0.05) is 103 Å². The molecule has 0 heterocycles. The maximum atomic E-state index is 13.7. The molecule has 178 valence electrons. The van der Waals surface area contributed by atoms with Crippen molar-refractivity contribution in [1.82, 2.24) is 10.2 Å². The first-order valence-electron chi connectivity index (χ1n) is 11.9. The fourth-order valence-corrected chi connectivity index (χ4v) is 4.06. The van der Waals surface area contributed by atoms with Crippen LogP contribution in [0.25, 0.3) is 0 Å². The Bertz CT molecular complexity index is 1070. The molecule has 3 rings (SSSR count). The van der Waals surface area contributed by atoms with E-state index in [9.17, 15) is 9.59 Å². The molecule has 4 nitrogen and oxygen atoms in total. The third kappa shape index (κ3) is 7.46. The summed E-state index contributed by atoms with van der Waals surface area (Å²) in [7, 11) is 0. The Kier molecular flexibility index (Phi) is 9.72. The van der Waals surface area contributed by atoms with Crippen LogP contribution in [0.3, 0.4) is 0 Å². The fourth-order valence-electron chi connectivity index (χ4n) is 3.86. The molecular weight excluding hydrogens is 444 g/mol. The summed E-state index contributed by atoms with van der Waals surface area (Å²) in [5.41, 5.74) is 3.90. The van der Waals surface area contributed by atoms with Crippen molar-refractivity contribution in [2.24, 2.45) is 0 Å². The molecule has 1 atom stereocenters. The van der Waals surface area contributed by atoms with E-state index < -0.39 is 6.04 Å². The molecule has 1 N–H and O–H groups in total. The van der Waals surface area contributed by atoms with Crippen LogP contribution in [0.5, 0.6) is 0 Å². The first-order chi connectivity index (χ1) is 16.5. The highest BCUT2D eigenvalue weighted by molar-refractivity contribution is 6.31. The summed E-state index contributed by atoms with van der Waals surface area (Å²) in [6, 6.07) is 24.7. The number of rotatable bonds is 11. The summed E-state index contributed by atoms with van der Waals surface area (Å²) in [4.78, 5) is 28.8. The number of amides is 2. The summed E-state index contributed by atoms with van der Waals surface area (Å²) in [5, 5.41) is 3.60. The summed E-state index contributed by atoms with van der Waals surface area (Å²) in [6.45, 7) is 5.06. The quantitative estimate of drug-likeness (QED) is 0.358. The fraction of sp³-hybridized carbons (Fsp3) is 0.310. The summed E-state index contributed by atoms with van der Waals surface area (Å²) >= 11 is 6.36. The van der Waals surface area contributed by atoms with E-state index in [0.29, 0.717) is 24.5 Å². The normalized spacial score (nSPS) is 11.6. The molecular formula is C29H33ClN2O2. The van der Waals surface area contributed by atoms with E-state index in [2.05, 4.69) is 12.2 Å². The number of aryl methyl sites for hydroxylation is 1. The second-order valence-electron chi connectivity index (χ2n) is 8.63. The second kappa shape index (κ2) is 13.0. The van der Waals surface area contributed by atoms with Crippen LogP contribution in [0.15, 0.2) is 78.9 Å². The highest BCUT2D eigenvalue weighted by Gasteiger charge is 2.30. The molecule has 0 bridgehead atoms. The van der Waals surface area contributed by atoms with Crippen LogP contribution in [0.1, 0.15) is 42.0 Å². The molecule has 0 aliphatic heterocycles. The number of carbonyl (C=O) groups is 2. The summed E-state index contributed by atoms with van der Waals surface area (Å²) in [6.07, 6.45) is 2.47. The van der Waals surface area contributed by atoms with E-state index in [4.69, 9.17) is 11.6 Å². The Morgan fingerprint density at radius 3 is 2.26 bits per heavy atom. The van der Waals surface area contributed by atoms with Gasteiger partial charge in [-0.25, -0.2) is 0 Å². The maximum absolute atomic E-state index is 13.7. The largest absolute Gasteiger partial charge is 0.354 e. The van der Waals surface area contributed by atoms with Gasteiger partial charge < -0.3 is 10.2 Å². The molecule has 0 fully saturated rings. The van der Waals surface area contributed by atoms with Gasteiger partial charge >= 0.3 is 0 Å². The third-order valence-corrected chi connectivity index (χ3v) is 6.24. The lowest BCUT2D eigenvalue weighted by atomic mass is 10.0. The molecule has 0 saturated carbocycles. The number of nitrogens with one attached hydrogen (secondary N) is 1. The van der Waals surface area contributed by atoms with Crippen LogP contribution in [-0.2, 0) is 29.0 Å². The van der Waals surface area contributed by atoms with Gasteiger partial charge in [0.15, 0.2) is 0 Å². The van der Waals surface area contributed by atoms with E-state index in [1.165, 1.54) is 0 Å². The second-order valence-corrected chi connectivity index (χ2v) is 9.03. The van der Waals surface area contributed by atoms with Gasteiger partial charge in [-0.3, -0.25) is 9.59 Å². The van der Waals surface area contributed by atoms with Crippen LogP contribution >= 0.6 is 11.6 Å². The van der Waals surface area contributed by atoms with Crippen LogP contribution in [0, 0.1) is 6.92 Å². The molecule has 0 aromatic heterocycles. The number of benzene rings is 3. The van der Waals surface area contributed by atoms with Gasteiger partial charge in [-0.2, -0.15) is 0 Å². The van der Waals surface area contributed by atoms with Gasteiger partial charge in [0, 0.05) is 24.5 Å². The topological polar surface area (TPSA) is 49.4 Å². The lowest BCUT2D eigenvalue weighted by Crippen LogP contribution is -2.51. The number of hydrogen-bond donors (Lipinski definition) is 1. The Morgan fingerprint density at radius 2 is 1.59 bits per heavy atom. The van der Waals surface area contributed by atoms with Crippen molar-refractivity contribution < 1.29 is 9.59 Å². The number of carbonyl (C=O) groups excluding carboxylic acids is 2. The van der Waals surface area contributed by atoms with Crippen molar-refractivity contribution >= 4 is 23.4 Å². The molecule has 0 aliphatic rings. The Morgan fingerprint density at radius 1 is 0.912 bits per heavy atom. The van der Waals surface area contributed by atoms with E-state index >= 15 is 0 Å². The monoisotopic (exact) mass is 476 g/mol. The molecule has 0 spiro atoms. The van der Waals surface area contributed by atoms with Gasteiger partial charge in [-0.05, 0) is 36.1 Å². The maximum Gasteiger partial charge on any atom is 0.243 e. The molecule has 2 amide bonds. The highest BCUT2D eigenvalue weighted by atomic mass is 35.5. The molecule has 0 radical (unpaired) electrons. The van der Waals surface area contributed by atoms with Gasteiger partial charge in [0.1, 0.15) is 6.04 Å². The number of nitrogens with zero attached hydrogens (tertiary/aromatic N) is 1. The van der Waals surface area contributed by atoms with Crippen molar-refractivity contribution in [3.8, 4) is 0 Å².